The highest BCUT2D eigenvalue weighted by atomic mass is 16.3. The number of benzene rings is 1. The highest BCUT2D eigenvalue weighted by Crippen LogP contribution is 2.38. The van der Waals surface area contributed by atoms with E-state index in [-0.39, 0.29) is 0 Å². The van der Waals surface area contributed by atoms with Crippen LogP contribution in [0.3, 0.4) is 0 Å². The van der Waals surface area contributed by atoms with E-state index in [1.165, 1.54) is 19.3 Å². The smallest absolute Gasteiger partial charge is 0.0896 e. The van der Waals surface area contributed by atoms with Gasteiger partial charge in [0.2, 0.25) is 0 Å². The van der Waals surface area contributed by atoms with Crippen molar-refractivity contribution in [3.05, 3.63) is 42.0 Å². The van der Waals surface area contributed by atoms with Crippen molar-refractivity contribution in [1.82, 2.24) is 0 Å². The second-order valence-corrected chi connectivity index (χ2v) is 5.31. The van der Waals surface area contributed by atoms with Gasteiger partial charge in [0.25, 0.3) is 0 Å². The van der Waals surface area contributed by atoms with Crippen molar-refractivity contribution < 1.29 is 5.11 Å². The van der Waals surface area contributed by atoms with Gasteiger partial charge in [0.1, 0.15) is 0 Å². The number of hydrogen-bond donors (Lipinski definition) is 1. The van der Waals surface area contributed by atoms with E-state index in [1.807, 2.05) is 37.3 Å². The average Bonchev–Trinajstić information content (AvgIpc) is 2.40. The summed E-state index contributed by atoms with van der Waals surface area (Å²) in [4.78, 5) is 0. The van der Waals surface area contributed by atoms with Gasteiger partial charge in [0.05, 0.1) is 5.60 Å². The zero-order chi connectivity index (χ0) is 12.3. The van der Waals surface area contributed by atoms with Crippen LogP contribution in [-0.2, 0) is 5.60 Å². The lowest BCUT2D eigenvalue weighted by molar-refractivity contribution is -0.0215. The number of hydrogen-bond acceptors (Lipinski definition) is 1. The van der Waals surface area contributed by atoms with Gasteiger partial charge in [0.15, 0.2) is 0 Å². The van der Waals surface area contributed by atoms with Crippen LogP contribution in [0, 0.1) is 5.92 Å². The van der Waals surface area contributed by atoms with Crippen LogP contribution in [0.15, 0.2) is 30.8 Å². The van der Waals surface area contributed by atoms with Gasteiger partial charge in [-0.1, -0.05) is 56.2 Å². The van der Waals surface area contributed by atoms with Crippen LogP contribution < -0.4 is 0 Å². The van der Waals surface area contributed by atoms with Gasteiger partial charge in [-0.05, 0) is 36.8 Å². The molecule has 0 saturated heterocycles. The molecule has 0 amide bonds. The van der Waals surface area contributed by atoms with Crippen molar-refractivity contribution in [3.63, 3.8) is 0 Å². The molecule has 0 heterocycles. The molecule has 0 radical (unpaired) electrons. The topological polar surface area (TPSA) is 20.2 Å². The molecule has 1 aromatic carbocycles. The van der Waals surface area contributed by atoms with Gasteiger partial charge in [-0.2, -0.15) is 0 Å². The van der Waals surface area contributed by atoms with Crippen molar-refractivity contribution in [2.45, 2.75) is 44.6 Å². The Kier molecular flexibility index (Phi) is 3.68. The zero-order valence-corrected chi connectivity index (χ0v) is 10.7. The second-order valence-electron chi connectivity index (χ2n) is 5.31. The monoisotopic (exact) mass is 230 g/mol. The van der Waals surface area contributed by atoms with Crippen LogP contribution in [-0.4, -0.2) is 5.11 Å². The summed E-state index contributed by atoms with van der Waals surface area (Å²) in [5.74, 6) is 0.408. The molecule has 1 aliphatic rings. The Labute approximate surface area is 104 Å². The first-order valence-electron chi connectivity index (χ1n) is 6.60. The summed E-state index contributed by atoms with van der Waals surface area (Å²) in [6, 6.07) is 8.12. The normalized spacial score (nSPS) is 20.8. The Hall–Kier alpha value is -1.08. The van der Waals surface area contributed by atoms with Crippen LogP contribution in [0.5, 0.6) is 0 Å². The average molecular weight is 230 g/mol. The molecule has 1 fully saturated rings. The van der Waals surface area contributed by atoms with E-state index in [9.17, 15) is 5.11 Å². The lowest BCUT2D eigenvalue weighted by Crippen LogP contribution is -2.33. The van der Waals surface area contributed by atoms with E-state index < -0.39 is 5.60 Å². The summed E-state index contributed by atoms with van der Waals surface area (Å²) < 4.78 is 0. The minimum absolute atomic E-state index is 0.408. The van der Waals surface area contributed by atoms with Crippen LogP contribution in [0.1, 0.15) is 50.2 Å². The van der Waals surface area contributed by atoms with Crippen molar-refractivity contribution in [2.24, 2.45) is 5.92 Å². The summed E-state index contributed by atoms with van der Waals surface area (Å²) in [7, 11) is 0. The van der Waals surface area contributed by atoms with Crippen LogP contribution >= 0.6 is 0 Å². The van der Waals surface area contributed by atoms with Crippen molar-refractivity contribution in [2.75, 3.05) is 0 Å². The third kappa shape index (κ3) is 2.61. The van der Waals surface area contributed by atoms with Crippen molar-refractivity contribution in [3.8, 4) is 0 Å². The Morgan fingerprint density at radius 2 is 1.76 bits per heavy atom. The minimum atomic E-state index is -0.680. The van der Waals surface area contributed by atoms with Crippen molar-refractivity contribution in [1.29, 1.82) is 0 Å². The fourth-order valence-corrected chi connectivity index (χ4v) is 2.86. The van der Waals surface area contributed by atoms with Crippen LogP contribution in [0.2, 0.25) is 0 Å². The van der Waals surface area contributed by atoms with E-state index in [1.54, 1.807) is 0 Å². The summed E-state index contributed by atoms with van der Waals surface area (Å²) in [5, 5.41) is 10.7. The van der Waals surface area contributed by atoms with Gasteiger partial charge < -0.3 is 5.11 Å². The van der Waals surface area contributed by atoms with Crippen molar-refractivity contribution >= 4 is 6.08 Å². The van der Waals surface area contributed by atoms with Crippen LogP contribution in [0.4, 0.5) is 0 Å². The van der Waals surface area contributed by atoms with Gasteiger partial charge in [-0.3, -0.25) is 0 Å². The molecule has 1 heteroatoms. The molecule has 1 saturated carbocycles. The molecule has 1 aliphatic carbocycles. The summed E-state index contributed by atoms with van der Waals surface area (Å²) >= 11 is 0. The first kappa shape index (κ1) is 12.4. The second kappa shape index (κ2) is 5.05. The maximum absolute atomic E-state index is 10.7. The molecular weight excluding hydrogens is 208 g/mol. The Morgan fingerprint density at radius 1 is 1.18 bits per heavy atom. The summed E-state index contributed by atoms with van der Waals surface area (Å²) in [6.45, 7) is 5.71. The predicted octanol–water partition coefficient (Wildman–Crippen LogP) is 4.12. The molecule has 1 N–H and O–H groups in total. The minimum Gasteiger partial charge on any atom is -0.385 e. The van der Waals surface area contributed by atoms with Gasteiger partial charge >= 0.3 is 0 Å². The van der Waals surface area contributed by atoms with Crippen LogP contribution in [0.25, 0.3) is 6.08 Å². The molecule has 0 spiro atoms. The largest absolute Gasteiger partial charge is 0.385 e. The van der Waals surface area contributed by atoms with E-state index in [2.05, 4.69) is 6.58 Å². The maximum atomic E-state index is 10.7. The van der Waals surface area contributed by atoms with E-state index in [0.717, 1.165) is 24.0 Å². The van der Waals surface area contributed by atoms with Gasteiger partial charge in [-0.15, -0.1) is 0 Å². The Bertz CT molecular complexity index is 369. The number of rotatable bonds is 3. The SMILES string of the molecule is C=Cc1ccc(C(C)(O)C2CCCCC2)cc1. The highest BCUT2D eigenvalue weighted by Gasteiger charge is 2.34. The summed E-state index contributed by atoms with van der Waals surface area (Å²) in [6.07, 6.45) is 7.96. The summed E-state index contributed by atoms with van der Waals surface area (Å²) in [5.41, 5.74) is 1.46. The lowest BCUT2D eigenvalue weighted by atomic mass is 9.74. The molecule has 17 heavy (non-hydrogen) atoms. The molecule has 2 rings (SSSR count). The fourth-order valence-electron chi connectivity index (χ4n) is 2.86. The fraction of sp³-hybridized carbons (Fsp3) is 0.500. The molecular formula is C16H22O. The third-order valence-corrected chi connectivity index (χ3v) is 4.13. The first-order valence-corrected chi connectivity index (χ1v) is 6.60. The molecule has 0 bridgehead atoms. The standard InChI is InChI=1S/C16H22O/c1-3-13-9-11-15(12-10-13)16(2,17)14-7-5-4-6-8-14/h3,9-12,14,17H,1,4-8H2,2H3. The predicted molar refractivity (Wildman–Crippen MR) is 72.7 cm³/mol. The Balaban J connectivity index is 2.19. The van der Waals surface area contributed by atoms with Gasteiger partial charge in [0, 0.05) is 0 Å². The lowest BCUT2D eigenvalue weighted by Gasteiger charge is -2.36. The van der Waals surface area contributed by atoms with E-state index >= 15 is 0 Å². The third-order valence-electron chi connectivity index (χ3n) is 4.13. The molecule has 92 valence electrons. The van der Waals surface area contributed by atoms with E-state index in [0.29, 0.717) is 5.92 Å². The maximum Gasteiger partial charge on any atom is 0.0896 e. The molecule has 1 atom stereocenters. The molecule has 1 nitrogen and oxygen atoms in total. The van der Waals surface area contributed by atoms with Gasteiger partial charge in [-0.25, -0.2) is 0 Å². The quantitative estimate of drug-likeness (QED) is 0.828. The van der Waals surface area contributed by atoms with E-state index in [4.69, 9.17) is 0 Å². The number of aliphatic hydroxyl groups is 1. The Morgan fingerprint density at radius 3 is 2.29 bits per heavy atom. The first-order chi connectivity index (χ1) is 8.14. The zero-order valence-electron chi connectivity index (χ0n) is 10.7. The molecule has 1 unspecified atom stereocenters. The molecule has 0 aromatic heterocycles. The molecule has 0 aliphatic heterocycles. The molecule has 1 aromatic rings. The highest BCUT2D eigenvalue weighted by molar-refractivity contribution is 5.47.